The number of aryl methyl sites for hydroxylation is 1. The SMILES string of the molecule is Cn1nccc1C(=O)Nc1ccc(F)c([C@]2(C)CCSC(N)=N2)c1. The fraction of sp³-hybridized carbons (Fsp3) is 0.312. The van der Waals surface area contributed by atoms with Crippen LogP contribution in [0, 0.1) is 5.82 Å². The number of hydrogen-bond acceptors (Lipinski definition) is 5. The Morgan fingerprint density at radius 2 is 2.25 bits per heavy atom. The van der Waals surface area contributed by atoms with Gasteiger partial charge in [-0.2, -0.15) is 5.10 Å². The van der Waals surface area contributed by atoms with Gasteiger partial charge < -0.3 is 11.1 Å². The summed E-state index contributed by atoms with van der Waals surface area (Å²) in [4.78, 5) is 16.7. The van der Waals surface area contributed by atoms with Crippen LogP contribution in [0.5, 0.6) is 0 Å². The monoisotopic (exact) mass is 347 g/mol. The van der Waals surface area contributed by atoms with Crippen LogP contribution in [0.4, 0.5) is 10.1 Å². The van der Waals surface area contributed by atoms with Crippen molar-refractivity contribution in [3.05, 3.63) is 47.5 Å². The molecule has 0 spiro atoms. The third kappa shape index (κ3) is 3.14. The highest BCUT2D eigenvalue weighted by Gasteiger charge is 2.32. The fourth-order valence-electron chi connectivity index (χ4n) is 2.69. The lowest BCUT2D eigenvalue weighted by Gasteiger charge is -2.30. The second-order valence-electron chi connectivity index (χ2n) is 5.81. The molecule has 0 unspecified atom stereocenters. The van der Waals surface area contributed by atoms with E-state index in [1.807, 2.05) is 6.92 Å². The van der Waals surface area contributed by atoms with E-state index in [4.69, 9.17) is 5.73 Å². The number of halogens is 1. The van der Waals surface area contributed by atoms with E-state index in [0.717, 1.165) is 5.75 Å². The van der Waals surface area contributed by atoms with Gasteiger partial charge in [0.05, 0.1) is 5.54 Å². The molecule has 1 aliphatic rings. The number of carbonyl (C=O) groups excluding carboxylic acids is 1. The molecule has 8 heteroatoms. The number of thioether (sulfide) groups is 1. The molecule has 0 saturated heterocycles. The van der Waals surface area contributed by atoms with Crippen LogP contribution in [0.25, 0.3) is 0 Å². The predicted octanol–water partition coefficient (Wildman–Crippen LogP) is 2.48. The largest absolute Gasteiger partial charge is 0.379 e. The summed E-state index contributed by atoms with van der Waals surface area (Å²) in [5.41, 5.74) is 6.43. The zero-order chi connectivity index (χ0) is 17.3. The number of aromatic nitrogens is 2. The number of amidine groups is 1. The third-order valence-corrected chi connectivity index (χ3v) is 4.85. The molecule has 0 fully saturated rings. The quantitative estimate of drug-likeness (QED) is 0.893. The molecule has 1 aromatic carbocycles. The maximum absolute atomic E-state index is 14.4. The number of carbonyl (C=O) groups is 1. The van der Waals surface area contributed by atoms with Crippen molar-refractivity contribution >= 4 is 28.5 Å². The number of nitrogens with zero attached hydrogens (tertiary/aromatic N) is 3. The average molecular weight is 347 g/mol. The molecule has 3 rings (SSSR count). The van der Waals surface area contributed by atoms with Gasteiger partial charge >= 0.3 is 0 Å². The van der Waals surface area contributed by atoms with Gasteiger partial charge in [-0.3, -0.25) is 14.5 Å². The normalized spacial score (nSPS) is 20.5. The molecule has 24 heavy (non-hydrogen) atoms. The molecule has 2 aromatic rings. The maximum atomic E-state index is 14.4. The molecule has 0 saturated carbocycles. The summed E-state index contributed by atoms with van der Waals surface area (Å²) in [7, 11) is 1.68. The van der Waals surface area contributed by atoms with Crippen molar-refractivity contribution in [1.82, 2.24) is 9.78 Å². The Balaban J connectivity index is 1.91. The van der Waals surface area contributed by atoms with E-state index in [0.29, 0.717) is 28.5 Å². The maximum Gasteiger partial charge on any atom is 0.273 e. The standard InChI is InChI=1S/C16H18FN5OS/c1-16(6-8-24-15(18)21-16)11-9-10(3-4-12(11)17)20-14(23)13-5-7-19-22(13)2/h3-5,7,9H,6,8H2,1-2H3,(H2,18,21)(H,20,23)/t16-/m0/s1. The Morgan fingerprint density at radius 3 is 2.92 bits per heavy atom. The summed E-state index contributed by atoms with van der Waals surface area (Å²) in [6.07, 6.45) is 2.22. The molecule has 0 bridgehead atoms. The van der Waals surface area contributed by atoms with Gasteiger partial charge in [-0.15, -0.1) is 0 Å². The van der Waals surface area contributed by atoms with Crippen LogP contribution in [0.3, 0.4) is 0 Å². The molecular weight excluding hydrogens is 329 g/mol. The minimum Gasteiger partial charge on any atom is -0.379 e. The zero-order valence-electron chi connectivity index (χ0n) is 13.4. The molecule has 1 aliphatic heterocycles. The first-order valence-electron chi connectivity index (χ1n) is 7.46. The van der Waals surface area contributed by atoms with E-state index in [9.17, 15) is 9.18 Å². The number of hydrogen-bond donors (Lipinski definition) is 2. The van der Waals surface area contributed by atoms with Gasteiger partial charge in [-0.1, -0.05) is 11.8 Å². The Labute approximate surface area is 143 Å². The van der Waals surface area contributed by atoms with Crippen LogP contribution >= 0.6 is 11.8 Å². The topological polar surface area (TPSA) is 85.3 Å². The van der Waals surface area contributed by atoms with Crippen LogP contribution < -0.4 is 11.1 Å². The Kier molecular flexibility index (Phi) is 4.31. The number of nitrogens with two attached hydrogens (primary N) is 1. The van der Waals surface area contributed by atoms with Crippen molar-refractivity contribution in [3.63, 3.8) is 0 Å². The van der Waals surface area contributed by atoms with Crippen molar-refractivity contribution in [2.24, 2.45) is 17.8 Å². The molecule has 0 aliphatic carbocycles. The molecule has 126 valence electrons. The van der Waals surface area contributed by atoms with Gasteiger partial charge in [-0.25, -0.2) is 4.39 Å². The van der Waals surface area contributed by atoms with Gasteiger partial charge in [0.2, 0.25) is 0 Å². The number of anilines is 1. The van der Waals surface area contributed by atoms with Gasteiger partial charge in [0.15, 0.2) is 5.17 Å². The molecule has 1 atom stereocenters. The predicted molar refractivity (Wildman–Crippen MR) is 93.6 cm³/mol. The van der Waals surface area contributed by atoms with Crippen LogP contribution in [0.1, 0.15) is 29.4 Å². The van der Waals surface area contributed by atoms with E-state index in [1.54, 1.807) is 25.4 Å². The van der Waals surface area contributed by atoms with Gasteiger partial charge in [0.1, 0.15) is 11.5 Å². The first-order chi connectivity index (χ1) is 11.4. The highest BCUT2D eigenvalue weighted by Crippen LogP contribution is 2.37. The first kappa shape index (κ1) is 16.5. The van der Waals surface area contributed by atoms with Crippen molar-refractivity contribution in [2.75, 3.05) is 11.1 Å². The van der Waals surface area contributed by atoms with Crippen molar-refractivity contribution in [1.29, 1.82) is 0 Å². The Bertz CT molecular complexity index is 819. The fourth-order valence-corrected chi connectivity index (χ4v) is 3.66. The molecule has 3 N–H and O–H groups in total. The van der Waals surface area contributed by atoms with Crippen LogP contribution in [0.15, 0.2) is 35.5 Å². The van der Waals surface area contributed by atoms with Crippen molar-refractivity contribution < 1.29 is 9.18 Å². The average Bonchev–Trinajstić information content (AvgIpc) is 2.95. The summed E-state index contributed by atoms with van der Waals surface area (Å²) in [5, 5.41) is 7.19. The highest BCUT2D eigenvalue weighted by molar-refractivity contribution is 8.13. The number of amides is 1. The summed E-state index contributed by atoms with van der Waals surface area (Å²) >= 11 is 1.46. The number of rotatable bonds is 3. The summed E-state index contributed by atoms with van der Waals surface area (Å²) in [5.74, 6) is 0.107. The number of aliphatic imine (C=N–C) groups is 1. The van der Waals surface area contributed by atoms with Gasteiger partial charge in [-0.05, 0) is 37.6 Å². The summed E-state index contributed by atoms with van der Waals surface area (Å²) < 4.78 is 15.8. The zero-order valence-corrected chi connectivity index (χ0v) is 14.2. The lowest BCUT2D eigenvalue weighted by atomic mass is 9.89. The van der Waals surface area contributed by atoms with Gasteiger partial charge in [0, 0.05) is 30.2 Å². The van der Waals surface area contributed by atoms with E-state index >= 15 is 0 Å². The number of nitrogens with one attached hydrogen (secondary N) is 1. The first-order valence-corrected chi connectivity index (χ1v) is 8.45. The minimum absolute atomic E-state index is 0.306. The second-order valence-corrected chi connectivity index (χ2v) is 6.93. The minimum atomic E-state index is -0.729. The smallest absolute Gasteiger partial charge is 0.273 e. The van der Waals surface area contributed by atoms with E-state index in [1.165, 1.54) is 28.6 Å². The van der Waals surface area contributed by atoms with E-state index < -0.39 is 5.54 Å². The molecule has 0 radical (unpaired) electrons. The third-order valence-electron chi connectivity index (χ3n) is 4.05. The van der Waals surface area contributed by atoms with Crippen molar-refractivity contribution in [2.45, 2.75) is 18.9 Å². The van der Waals surface area contributed by atoms with Crippen molar-refractivity contribution in [3.8, 4) is 0 Å². The highest BCUT2D eigenvalue weighted by atomic mass is 32.2. The van der Waals surface area contributed by atoms with Crippen LogP contribution in [0.2, 0.25) is 0 Å². The van der Waals surface area contributed by atoms with E-state index in [2.05, 4.69) is 15.4 Å². The van der Waals surface area contributed by atoms with Crippen LogP contribution in [-0.2, 0) is 12.6 Å². The molecule has 2 heterocycles. The lowest BCUT2D eigenvalue weighted by molar-refractivity contribution is 0.101. The lowest BCUT2D eigenvalue weighted by Crippen LogP contribution is -2.30. The Hall–Kier alpha value is -2.35. The summed E-state index contributed by atoms with van der Waals surface area (Å²) in [6, 6.07) is 6.11. The van der Waals surface area contributed by atoms with E-state index in [-0.39, 0.29) is 11.7 Å². The number of benzene rings is 1. The molecule has 6 nitrogen and oxygen atoms in total. The molecule has 1 amide bonds. The molecule has 1 aromatic heterocycles. The van der Waals surface area contributed by atoms with Crippen LogP contribution in [-0.4, -0.2) is 26.6 Å². The van der Waals surface area contributed by atoms with Gasteiger partial charge in [0.25, 0.3) is 5.91 Å². The molecular formula is C16H18FN5OS. The Morgan fingerprint density at radius 1 is 1.46 bits per heavy atom. The second kappa shape index (κ2) is 6.27. The summed E-state index contributed by atoms with van der Waals surface area (Å²) in [6.45, 7) is 1.85.